The molecule has 7 nitrogen and oxygen atoms in total. The molecule has 0 amide bonds. The second-order valence-electron chi connectivity index (χ2n) is 9.38. The molecule has 0 aromatic heterocycles. The summed E-state index contributed by atoms with van der Waals surface area (Å²) in [4.78, 5) is 2.63. The Balaban J connectivity index is 1.53. The molecule has 3 aromatic carbocycles. The molecule has 0 N–H and O–H groups in total. The van der Waals surface area contributed by atoms with Gasteiger partial charge in [0.1, 0.15) is 0 Å². The second kappa shape index (κ2) is 8.65. The Labute approximate surface area is 207 Å². The molecular weight excluding hydrogens is 482 g/mol. The van der Waals surface area contributed by atoms with Crippen molar-refractivity contribution in [3.63, 3.8) is 0 Å². The molecule has 0 bridgehead atoms. The summed E-state index contributed by atoms with van der Waals surface area (Å²) in [7, 11) is -7.55. The summed E-state index contributed by atoms with van der Waals surface area (Å²) in [6.07, 6.45) is 0. The molecule has 5 rings (SSSR count). The molecule has 0 radical (unpaired) electrons. The first-order chi connectivity index (χ1) is 16.6. The molecule has 0 saturated carbocycles. The summed E-state index contributed by atoms with van der Waals surface area (Å²) in [5, 5.41) is 0. The van der Waals surface area contributed by atoms with Crippen molar-refractivity contribution in [2.75, 3.05) is 28.8 Å². The Morgan fingerprint density at radius 1 is 0.657 bits per heavy atom. The zero-order valence-corrected chi connectivity index (χ0v) is 21.6. The zero-order chi connectivity index (χ0) is 25.0. The summed E-state index contributed by atoms with van der Waals surface area (Å²) in [5.41, 5.74) is 3.39. The standard InChI is InChI=1S/C26H29N3O4S2/c1-19-8-12-23(13-9-19)34(30,31)28-17-22-18-29(35(32,33)24-14-10-20(2)11-15-24)26-7-5-4-6-25(26)27(22)16-21(28)3/h4-15,21-22H,16-18H2,1-3H3/t21-,22+/m0/s1. The Morgan fingerprint density at radius 3 is 1.74 bits per heavy atom. The van der Waals surface area contributed by atoms with Crippen molar-refractivity contribution in [3.8, 4) is 0 Å². The third kappa shape index (κ3) is 4.11. The normalized spacial score (nSPS) is 20.9. The number of fused-ring (bicyclic) bond motifs is 3. The van der Waals surface area contributed by atoms with Crippen molar-refractivity contribution < 1.29 is 16.8 Å². The number of hydrogen-bond acceptors (Lipinski definition) is 5. The number of anilines is 2. The van der Waals surface area contributed by atoms with Crippen LogP contribution in [0.2, 0.25) is 0 Å². The number of piperazine rings is 1. The Morgan fingerprint density at radius 2 is 1.17 bits per heavy atom. The number of nitrogens with zero attached hydrogens (tertiary/aromatic N) is 3. The van der Waals surface area contributed by atoms with Gasteiger partial charge in [-0.2, -0.15) is 4.31 Å². The van der Waals surface area contributed by atoms with E-state index in [2.05, 4.69) is 4.90 Å². The van der Waals surface area contributed by atoms with E-state index in [4.69, 9.17) is 0 Å². The van der Waals surface area contributed by atoms with Crippen LogP contribution in [0.5, 0.6) is 0 Å². The van der Waals surface area contributed by atoms with Gasteiger partial charge in [0.25, 0.3) is 10.0 Å². The number of para-hydroxylation sites is 2. The second-order valence-corrected chi connectivity index (χ2v) is 13.1. The molecule has 0 spiro atoms. The van der Waals surface area contributed by atoms with Gasteiger partial charge in [-0.25, -0.2) is 16.8 Å². The maximum Gasteiger partial charge on any atom is 0.264 e. The van der Waals surface area contributed by atoms with Crippen molar-refractivity contribution >= 4 is 31.4 Å². The van der Waals surface area contributed by atoms with E-state index in [0.717, 1.165) is 16.8 Å². The van der Waals surface area contributed by atoms with E-state index in [9.17, 15) is 16.8 Å². The highest BCUT2D eigenvalue weighted by Crippen LogP contribution is 2.41. The molecule has 3 aromatic rings. The average Bonchev–Trinajstić information content (AvgIpc) is 2.83. The van der Waals surface area contributed by atoms with E-state index in [0.29, 0.717) is 12.2 Å². The van der Waals surface area contributed by atoms with Crippen LogP contribution in [0.25, 0.3) is 0 Å². The molecule has 35 heavy (non-hydrogen) atoms. The minimum absolute atomic E-state index is 0.167. The van der Waals surface area contributed by atoms with Gasteiger partial charge in [0, 0.05) is 19.1 Å². The first-order valence-corrected chi connectivity index (χ1v) is 14.5. The molecule has 0 aliphatic carbocycles. The summed E-state index contributed by atoms with van der Waals surface area (Å²) in [6, 6.07) is 20.5. The molecule has 2 heterocycles. The fourth-order valence-corrected chi connectivity index (χ4v) is 8.09. The van der Waals surface area contributed by atoms with Gasteiger partial charge in [-0.1, -0.05) is 47.5 Å². The van der Waals surface area contributed by atoms with Crippen LogP contribution in [0, 0.1) is 13.8 Å². The molecular formula is C26H29N3O4S2. The van der Waals surface area contributed by atoms with Crippen LogP contribution in [-0.2, 0) is 20.0 Å². The van der Waals surface area contributed by atoms with E-state index in [-0.39, 0.29) is 35.0 Å². The van der Waals surface area contributed by atoms with Gasteiger partial charge in [0.05, 0.1) is 33.8 Å². The molecule has 1 fully saturated rings. The van der Waals surface area contributed by atoms with Crippen LogP contribution in [0.4, 0.5) is 11.4 Å². The SMILES string of the molecule is Cc1ccc(S(=O)(=O)N2C[C@H]3CN(S(=O)(=O)c4ccc(C)cc4)[C@@H](C)CN3c3ccccc32)cc1. The fourth-order valence-electron chi connectivity index (χ4n) is 4.92. The van der Waals surface area contributed by atoms with Crippen molar-refractivity contribution in [1.82, 2.24) is 4.31 Å². The van der Waals surface area contributed by atoms with Crippen LogP contribution in [0.15, 0.2) is 82.6 Å². The van der Waals surface area contributed by atoms with E-state index in [1.165, 1.54) is 8.61 Å². The Kier molecular flexibility index (Phi) is 5.89. The summed E-state index contributed by atoms with van der Waals surface area (Å²) in [5.74, 6) is 0. The number of rotatable bonds is 4. The summed E-state index contributed by atoms with van der Waals surface area (Å²) >= 11 is 0. The topological polar surface area (TPSA) is 78.0 Å². The molecule has 9 heteroatoms. The minimum Gasteiger partial charge on any atom is -0.362 e. The third-order valence-corrected chi connectivity index (χ3v) is 10.6. The van der Waals surface area contributed by atoms with Crippen molar-refractivity contribution in [1.29, 1.82) is 0 Å². The monoisotopic (exact) mass is 511 g/mol. The Hall–Kier alpha value is -2.88. The van der Waals surface area contributed by atoms with Crippen molar-refractivity contribution in [2.45, 2.75) is 42.6 Å². The van der Waals surface area contributed by atoms with Gasteiger partial charge < -0.3 is 4.90 Å². The maximum absolute atomic E-state index is 13.7. The van der Waals surface area contributed by atoms with Crippen LogP contribution in [0.3, 0.4) is 0 Å². The largest absolute Gasteiger partial charge is 0.362 e. The lowest BCUT2D eigenvalue weighted by atomic mass is 10.0. The fraction of sp³-hybridized carbons (Fsp3) is 0.308. The van der Waals surface area contributed by atoms with Gasteiger partial charge in [-0.05, 0) is 57.2 Å². The van der Waals surface area contributed by atoms with E-state index in [1.54, 1.807) is 48.5 Å². The maximum atomic E-state index is 13.7. The average molecular weight is 512 g/mol. The molecule has 2 aliphatic heterocycles. The van der Waals surface area contributed by atoms with Crippen LogP contribution in [0.1, 0.15) is 18.1 Å². The van der Waals surface area contributed by atoms with Crippen molar-refractivity contribution in [3.05, 3.63) is 83.9 Å². The first-order valence-electron chi connectivity index (χ1n) is 11.6. The Bertz CT molecular complexity index is 1450. The molecule has 0 unspecified atom stereocenters. The van der Waals surface area contributed by atoms with Crippen LogP contribution in [-0.4, -0.2) is 52.9 Å². The molecule has 184 valence electrons. The van der Waals surface area contributed by atoms with Crippen LogP contribution < -0.4 is 9.21 Å². The van der Waals surface area contributed by atoms with Gasteiger partial charge in [0.15, 0.2) is 0 Å². The lowest BCUT2D eigenvalue weighted by Gasteiger charge is -2.50. The summed E-state index contributed by atoms with van der Waals surface area (Å²) < 4.78 is 57.4. The van der Waals surface area contributed by atoms with Gasteiger partial charge >= 0.3 is 0 Å². The van der Waals surface area contributed by atoms with Gasteiger partial charge in [0.2, 0.25) is 10.0 Å². The first kappa shape index (κ1) is 23.8. The number of aryl methyl sites for hydroxylation is 2. The van der Waals surface area contributed by atoms with Gasteiger partial charge in [-0.3, -0.25) is 4.31 Å². The predicted octanol–water partition coefficient (Wildman–Crippen LogP) is 3.78. The number of sulfonamides is 2. The highest BCUT2D eigenvalue weighted by molar-refractivity contribution is 7.92. The molecule has 2 atom stereocenters. The number of benzene rings is 3. The lowest BCUT2D eigenvalue weighted by Crippen LogP contribution is -2.64. The smallest absolute Gasteiger partial charge is 0.264 e. The van der Waals surface area contributed by atoms with Crippen LogP contribution >= 0.6 is 0 Å². The third-order valence-electron chi connectivity index (χ3n) is 6.86. The van der Waals surface area contributed by atoms with E-state index < -0.39 is 20.0 Å². The minimum atomic E-state index is -3.83. The molecule has 2 aliphatic rings. The predicted molar refractivity (Wildman–Crippen MR) is 138 cm³/mol. The zero-order valence-electron chi connectivity index (χ0n) is 20.0. The van der Waals surface area contributed by atoms with E-state index in [1.807, 2.05) is 45.0 Å². The molecule has 1 saturated heterocycles. The summed E-state index contributed by atoms with van der Waals surface area (Å²) in [6.45, 7) is 6.58. The van der Waals surface area contributed by atoms with Crippen molar-refractivity contribution in [2.24, 2.45) is 0 Å². The van der Waals surface area contributed by atoms with E-state index >= 15 is 0 Å². The van der Waals surface area contributed by atoms with Gasteiger partial charge in [-0.15, -0.1) is 0 Å². The number of hydrogen-bond donors (Lipinski definition) is 0. The lowest BCUT2D eigenvalue weighted by molar-refractivity contribution is 0.265. The highest BCUT2D eigenvalue weighted by Gasteiger charge is 2.44. The highest BCUT2D eigenvalue weighted by atomic mass is 32.2. The quantitative estimate of drug-likeness (QED) is 0.533.